The zero-order valence-electron chi connectivity index (χ0n) is 17.6. The minimum Gasteiger partial charge on any atom is -0.388 e. The molecule has 168 valence electrons. The van der Waals surface area contributed by atoms with Crippen LogP contribution in [-0.4, -0.2) is 67.0 Å². The maximum absolute atomic E-state index is 13.2. The van der Waals surface area contributed by atoms with Gasteiger partial charge in [-0.15, -0.1) is 0 Å². The average molecular weight is 440 g/mol. The zero-order chi connectivity index (χ0) is 22.3. The molecule has 2 aromatic heterocycles. The number of nitrogens with zero attached hydrogens (tertiary/aromatic N) is 5. The number of likely N-dealkylation sites (tertiary alicyclic amines) is 1. The summed E-state index contributed by atoms with van der Waals surface area (Å²) in [6.45, 7) is 2.62. The minimum absolute atomic E-state index is 0.0214. The molecule has 1 aromatic carbocycles. The molecule has 0 aliphatic carbocycles. The lowest BCUT2D eigenvalue weighted by Crippen LogP contribution is -2.51. The fourth-order valence-corrected chi connectivity index (χ4v) is 4.57. The third-order valence-corrected chi connectivity index (χ3v) is 6.51. The third kappa shape index (κ3) is 3.80. The van der Waals surface area contributed by atoms with Gasteiger partial charge in [0.15, 0.2) is 5.65 Å². The van der Waals surface area contributed by atoms with E-state index in [-0.39, 0.29) is 29.7 Å². The van der Waals surface area contributed by atoms with Gasteiger partial charge in [0.2, 0.25) is 5.91 Å². The van der Waals surface area contributed by atoms with Crippen LogP contribution >= 0.6 is 0 Å². The molecule has 2 saturated heterocycles. The summed E-state index contributed by atoms with van der Waals surface area (Å²) in [6.07, 6.45) is 4.50. The molecule has 32 heavy (non-hydrogen) atoms. The number of carbonyl (C=O) groups is 1. The lowest BCUT2D eigenvalue weighted by Gasteiger charge is -2.39. The van der Waals surface area contributed by atoms with Crippen LogP contribution in [0.4, 0.5) is 4.39 Å². The van der Waals surface area contributed by atoms with E-state index < -0.39 is 5.60 Å². The van der Waals surface area contributed by atoms with Gasteiger partial charge in [0.05, 0.1) is 29.9 Å². The van der Waals surface area contributed by atoms with Gasteiger partial charge in [-0.3, -0.25) is 14.2 Å². The Bertz CT molecular complexity index is 1190. The molecule has 2 aliphatic heterocycles. The molecule has 4 heterocycles. The van der Waals surface area contributed by atoms with Gasteiger partial charge in [0.25, 0.3) is 5.56 Å². The summed E-state index contributed by atoms with van der Waals surface area (Å²) in [5.74, 6) is -0.194. The smallest absolute Gasteiger partial charge is 0.264 e. The Labute approximate surface area is 183 Å². The molecule has 0 spiro atoms. The molecule has 3 aromatic rings. The van der Waals surface area contributed by atoms with E-state index in [1.54, 1.807) is 12.1 Å². The number of aliphatic hydroxyl groups is 1. The highest BCUT2D eigenvalue weighted by Gasteiger charge is 2.37. The molecular weight excluding hydrogens is 415 g/mol. The molecule has 0 saturated carbocycles. The van der Waals surface area contributed by atoms with Gasteiger partial charge in [-0.25, -0.2) is 14.1 Å². The normalized spacial score (nSPS) is 20.7. The van der Waals surface area contributed by atoms with E-state index >= 15 is 0 Å². The van der Waals surface area contributed by atoms with Gasteiger partial charge < -0.3 is 15.3 Å². The second-order valence-electron chi connectivity index (χ2n) is 8.69. The van der Waals surface area contributed by atoms with Crippen molar-refractivity contribution in [1.29, 1.82) is 0 Å². The summed E-state index contributed by atoms with van der Waals surface area (Å²) < 4.78 is 16.1. The minimum atomic E-state index is -1.09. The van der Waals surface area contributed by atoms with E-state index in [1.807, 2.05) is 4.90 Å². The first kappa shape index (κ1) is 20.8. The number of fused-ring (bicyclic) bond motifs is 1. The van der Waals surface area contributed by atoms with Crippen molar-refractivity contribution in [3.63, 3.8) is 0 Å². The Balaban J connectivity index is 1.32. The molecule has 1 amide bonds. The number of halogens is 1. The van der Waals surface area contributed by atoms with Gasteiger partial charge in [-0.05, 0) is 50.1 Å². The van der Waals surface area contributed by atoms with Crippen LogP contribution in [0.1, 0.15) is 19.3 Å². The van der Waals surface area contributed by atoms with Crippen LogP contribution < -0.4 is 10.9 Å². The van der Waals surface area contributed by atoms with E-state index in [0.29, 0.717) is 49.2 Å². The Morgan fingerprint density at radius 2 is 2.00 bits per heavy atom. The Morgan fingerprint density at radius 3 is 2.69 bits per heavy atom. The van der Waals surface area contributed by atoms with Crippen molar-refractivity contribution < 1.29 is 14.3 Å². The van der Waals surface area contributed by atoms with E-state index in [4.69, 9.17) is 0 Å². The number of hydrogen-bond acceptors (Lipinski definition) is 6. The lowest BCUT2D eigenvalue weighted by atomic mass is 9.90. The van der Waals surface area contributed by atoms with Crippen molar-refractivity contribution in [2.75, 3.05) is 26.2 Å². The second-order valence-corrected chi connectivity index (χ2v) is 8.69. The van der Waals surface area contributed by atoms with E-state index in [9.17, 15) is 19.1 Å². The number of amides is 1. The largest absolute Gasteiger partial charge is 0.388 e. The molecule has 9 nitrogen and oxygen atoms in total. The fraction of sp³-hybridized carbons (Fsp3) is 0.455. The monoisotopic (exact) mass is 440 g/mol. The Hall–Kier alpha value is -3.11. The zero-order valence-corrected chi connectivity index (χ0v) is 17.6. The van der Waals surface area contributed by atoms with Gasteiger partial charge >= 0.3 is 0 Å². The molecule has 2 aliphatic rings. The maximum atomic E-state index is 13.2. The van der Waals surface area contributed by atoms with Gasteiger partial charge in [-0.2, -0.15) is 5.10 Å². The van der Waals surface area contributed by atoms with E-state index in [2.05, 4.69) is 15.4 Å². The first-order chi connectivity index (χ1) is 15.4. The number of hydrogen-bond donors (Lipinski definition) is 2. The summed E-state index contributed by atoms with van der Waals surface area (Å²) in [5.41, 5.74) is -0.418. The maximum Gasteiger partial charge on any atom is 0.264 e. The SMILES string of the molecule is O=C([C@@H]1CCNC1)N1CCC(O)(Cn2cnc3c(cnn3-c3ccc(F)cc3)c2=O)CC1. The molecular formula is C22H25FN6O3. The quantitative estimate of drug-likeness (QED) is 0.618. The van der Waals surface area contributed by atoms with Gasteiger partial charge in [-0.1, -0.05) is 0 Å². The number of carbonyl (C=O) groups excluding carboxylic acids is 1. The van der Waals surface area contributed by atoms with Crippen LogP contribution in [0.5, 0.6) is 0 Å². The Kier molecular flexibility index (Phi) is 5.26. The van der Waals surface area contributed by atoms with Crippen molar-refractivity contribution in [3.8, 4) is 5.69 Å². The molecule has 2 fully saturated rings. The highest BCUT2D eigenvalue weighted by atomic mass is 19.1. The van der Waals surface area contributed by atoms with Crippen LogP contribution in [0, 0.1) is 11.7 Å². The van der Waals surface area contributed by atoms with Crippen molar-refractivity contribution in [1.82, 2.24) is 29.5 Å². The summed E-state index contributed by atoms with van der Waals surface area (Å²) in [6, 6.07) is 5.77. The first-order valence-electron chi connectivity index (χ1n) is 10.8. The number of piperidine rings is 1. The van der Waals surface area contributed by atoms with Crippen molar-refractivity contribution in [3.05, 3.63) is 53.0 Å². The Morgan fingerprint density at radius 1 is 1.25 bits per heavy atom. The van der Waals surface area contributed by atoms with E-state index in [1.165, 1.54) is 33.9 Å². The van der Waals surface area contributed by atoms with Crippen LogP contribution in [0.2, 0.25) is 0 Å². The number of nitrogens with one attached hydrogen (secondary N) is 1. The first-order valence-corrected chi connectivity index (χ1v) is 10.8. The second kappa shape index (κ2) is 8.10. The summed E-state index contributed by atoms with van der Waals surface area (Å²) >= 11 is 0. The highest BCUT2D eigenvalue weighted by Crippen LogP contribution is 2.26. The third-order valence-electron chi connectivity index (χ3n) is 6.51. The predicted octanol–water partition coefficient (Wildman–Crippen LogP) is 0.684. The van der Waals surface area contributed by atoms with Crippen LogP contribution in [0.3, 0.4) is 0 Å². The summed E-state index contributed by atoms with van der Waals surface area (Å²) in [7, 11) is 0. The van der Waals surface area contributed by atoms with Crippen LogP contribution in [0.25, 0.3) is 16.7 Å². The van der Waals surface area contributed by atoms with Crippen molar-refractivity contribution in [2.24, 2.45) is 5.92 Å². The van der Waals surface area contributed by atoms with Gasteiger partial charge in [0, 0.05) is 19.6 Å². The standard InChI is InChI=1S/C22H25FN6O3/c23-16-1-3-17(4-2-16)29-19-18(12-26-29)21(31)28(14-25-19)13-22(32)6-9-27(10-7-22)20(30)15-5-8-24-11-15/h1-4,12,14-15,24,32H,5-11,13H2/t15-/m1/s1. The lowest BCUT2D eigenvalue weighted by molar-refractivity contribution is -0.139. The molecule has 0 radical (unpaired) electrons. The summed E-state index contributed by atoms with van der Waals surface area (Å²) in [4.78, 5) is 31.8. The molecule has 5 rings (SSSR count). The van der Waals surface area contributed by atoms with Crippen LogP contribution in [0.15, 0.2) is 41.6 Å². The molecule has 1 atom stereocenters. The summed E-state index contributed by atoms with van der Waals surface area (Å²) in [5, 5.41) is 18.9. The van der Waals surface area contributed by atoms with E-state index in [0.717, 1.165) is 13.0 Å². The average Bonchev–Trinajstić information content (AvgIpc) is 3.47. The van der Waals surface area contributed by atoms with Crippen LogP contribution in [-0.2, 0) is 11.3 Å². The molecule has 0 bridgehead atoms. The number of benzene rings is 1. The molecule has 0 unspecified atom stereocenters. The van der Waals surface area contributed by atoms with Crippen molar-refractivity contribution in [2.45, 2.75) is 31.4 Å². The van der Waals surface area contributed by atoms with Gasteiger partial charge in [0.1, 0.15) is 17.5 Å². The fourth-order valence-electron chi connectivity index (χ4n) is 4.57. The molecule has 2 N–H and O–H groups in total. The molecule has 10 heteroatoms. The highest BCUT2D eigenvalue weighted by molar-refractivity contribution is 5.79. The number of rotatable bonds is 4. The number of aromatic nitrogens is 4. The topological polar surface area (TPSA) is 105 Å². The van der Waals surface area contributed by atoms with Crippen molar-refractivity contribution >= 4 is 16.9 Å². The predicted molar refractivity (Wildman–Crippen MR) is 115 cm³/mol.